The number of anilines is 2. The molecule has 8 aliphatic heterocycles. The summed E-state index contributed by atoms with van der Waals surface area (Å²) in [6, 6.07) is 18.5. The summed E-state index contributed by atoms with van der Waals surface area (Å²) >= 11 is 0. The van der Waals surface area contributed by atoms with Crippen molar-refractivity contribution in [2.75, 3.05) is 105 Å². The largest absolute Gasteiger partial charge is 0.494 e. The number of carbonyl (C=O) groups is 14. The fourth-order valence-corrected chi connectivity index (χ4v) is 21.2. The lowest BCUT2D eigenvalue weighted by Crippen LogP contribution is -2.63. The number of pyridine rings is 4. The van der Waals surface area contributed by atoms with Gasteiger partial charge in [-0.3, -0.25) is 86.7 Å². The number of likely N-dealkylation sites (tertiary alicyclic amines) is 2. The van der Waals surface area contributed by atoms with E-state index in [4.69, 9.17) is 28.9 Å². The van der Waals surface area contributed by atoms with Crippen LogP contribution in [-0.2, 0) is 140 Å². The number of quaternary nitrogens is 2. The van der Waals surface area contributed by atoms with E-state index in [-0.39, 0.29) is 150 Å². The lowest BCUT2D eigenvalue weighted by molar-refractivity contribution is -0.929. The van der Waals surface area contributed by atoms with E-state index < -0.39 is 154 Å². The maximum atomic E-state index is 15.5. The quantitative estimate of drug-likeness (QED) is 0.0104. The van der Waals surface area contributed by atoms with Crippen LogP contribution in [-0.4, -0.2) is 272 Å². The molecule has 0 spiro atoms. The Bertz CT molecular complexity index is 6450. The molecule has 0 bridgehead atoms. The number of fused-ring (bicyclic) bond motifs is 10. The van der Waals surface area contributed by atoms with Crippen molar-refractivity contribution in [2.24, 2.45) is 0 Å². The number of amides is 12. The smallest absolute Gasteiger partial charge is 0.343 e. The third-order valence-corrected chi connectivity index (χ3v) is 29.8. The zero-order valence-electron chi connectivity index (χ0n) is 84.4. The number of esters is 2. The molecule has 16 rings (SSSR count). The summed E-state index contributed by atoms with van der Waals surface area (Å²) in [5, 5.41) is 45.7. The first-order valence-electron chi connectivity index (χ1n) is 50.0. The summed E-state index contributed by atoms with van der Waals surface area (Å²) in [6.07, 6.45) is 5.95. The first-order chi connectivity index (χ1) is 70.6. The van der Waals surface area contributed by atoms with E-state index in [1.54, 1.807) is 71.5 Å². The van der Waals surface area contributed by atoms with E-state index in [9.17, 15) is 86.9 Å². The van der Waals surface area contributed by atoms with Gasteiger partial charge in [0.15, 0.2) is 34.3 Å². The molecule has 42 heteroatoms. The topological polar surface area (TPSA) is 495 Å². The van der Waals surface area contributed by atoms with Crippen LogP contribution in [0.25, 0.3) is 44.6 Å². The average Bonchev–Trinajstić information content (AvgIpc) is 1.56. The Morgan fingerprint density at radius 2 is 0.818 bits per heavy atom. The second-order valence-corrected chi connectivity index (χ2v) is 40.3. The molecule has 148 heavy (non-hydrogen) atoms. The molecule has 8 aromatic rings. The number of nitrogens with one attached hydrogen (secondary N) is 8. The molecule has 4 aromatic heterocycles. The lowest BCUT2D eigenvalue weighted by Gasteiger charge is -2.43. The third-order valence-electron chi connectivity index (χ3n) is 29.8. The molecule has 2 fully saturated rings. The van der Waals surface area contributed by atoms with E-state index >= 15 is 8.78 Å². The van der Waals surface area contributed by atoms with Crippen LogP contribution in [0.2, 0.25) is 0 Å². The highest BCUT2D eigenvalue weighted by atomic mass is 19.1. The number of hydrogen-bond acceptors (Lipinski definition) is 26. The summed E-state index contributed by atoms with van der Waals surface area (Å²) in [5.74, 6) is -11.2. The standard InChI is InChI=1S/C106H122F2N18O22/c1-11-105(143)75-47-81-93-71(53-123(81)101(139)73(75)57-147-103(105)141)69(67-45-83(145-9)77(107)49-79(67)115-93)51-119-41-33-65(34-42-119)125(5,6)55-61-21-25-63(26-22-61)113-97(135)59(3)111-85(127)17-13-37-109-99(137)95(117-87(129)19-15-39-121-89(131)29-30-90(121)132)96(118-88(130)20-16-40-122-91(133)31-32-92(122)134)100(138)110-38-14-18-86(128)112-60(4)98(136)114-64-27-23-62(24-28-64)56-126(7,8)66-35-43-120(44-36-66)52-70-68-46-84(146-10)78(108)50-80(68)116-94-72(70)54-124-82(94)48-76-74(102(124)140)58-148-104(142)106(76,144)12-2/h21-32,45-50,59-60,65-66,95-96,143-144H,11-20,33-44,51-58H2,1-10H3,(H6-2,109,110,111,112,113,114,117,118,127,128,129,130,135,136,137,138)/p+2/t59-,60-,95-,96-,105-,106-/m0/s1. The predicted octanol–water partition coefficient (Wildman–Crippen LogP) is 5.01. The van der Waals surface area contributed by atoms with Crippen molar-refractivity contribution in [1.29, 1.82) is 0 Å². The number of halogens is 2. The Labute approximate surface area is 850 Å². The van der Waals surface area contributed by atoms with Crippen molar-refractivity contribution in [3.8, 4) is 34.3 Å². The summed E-state index contributed by atoms with van der Waals surface area (Å²) in [4.78, 5) is 231. The van der Waals surface area contributed by atoms with Gasteiger partial charge < -0.3 is 89.8 Å². The first kappa shape index (κ1) is 106. The normalized spacial score (nSPS) is 18.4. The Kier molecular flexibility index (Phi) is 31.6. The minimum Gasteiger partial charge on any atom is -0.494 e. The Morgan fingerprint density at radius 1 is 0.473 bits per heavy atom. The van der Waals surface area contributed by atoms with Crippen molar-refractivity contribution >= 4 is 116 Å². The van der Waals surface area contributed by atoms with E-state index in [2.05, 4.69) is 80.5 Å². The van der Waals surface area contributed by atoms with Gasteiger partial charge in [-0.2, -0.15) is 0 Å². The number of hydrogen-bond donors (Lipinski definition) is 10. The number of ether oxygens (including phenoxy) is 4. The van der Waals surface area contributed by atoms with Crippen molar-refractivity contribution in [3.63, 3.8) is 0 Å². The molecule has 4 aromatic carbocycles. The molecule has 782 valence electrons. The second-order valence-electron chi connectivity index (χ2n) is 40.3. The molecule has 10 N–H and O–H groups in total. The molecular formula is C106H124F2N18O22+2. The van der Waals surface area contributed by atoms with Gasteiger partial charge in [-0.15, -0.1) is 0 Å². The van der Waals surface area contributed by atoms with Gasteiger partial charge in [-0.1, -0.05) is 38.1 Å². The molecule has 0 aliphatic carbocycles. The number of aromatic nitrogens is 4. The van der Waals surface area contributed by atoms with Gasteiger partial charge in [0.25, 0.3) is 34.7 Å². The van der Waals surface area contributed by atoms with Crippen molar-refractivity contribution in [1.82, 2.24) is 70.6 Å². The van der Waals surface area contributed by atoms with Gasteiger partial charge in [0.05, 0.1) is 113 Å². The maximum absolute atomic E-state index is 15.5. The zero-order chi connectivity index (χ0) is 106. The number of aliphatic hydroxyl groups is 2. The van der Waals surface area contributed by atoms with Gasteiger partial charge in [-0.25, -0.2) is 28.3 Å². The number of piperidine rings is 2. The third kappa shape index (κ3) is 22.4. The molecule has 0 unspecified atom stereocenters. The van der Waals surface area contributed by atoms with E-state index in [0.717, 1.165) is 93.2 Å². The molecule has 0 saturated carbocycles. The van der Waals surface area contributed by atoms with Gasteiger partial charge in [-0.05, 0) is 112 Å². The number of methoxy groups -OCH3 is 2. The summed E-state index contributed by atoms with van der Waals surface area (Å²) in [5.41, 5.74) is 4.48. The molecule has 6 atom stereocenters. The number of cyclic esters (lactones) is 2. The van der Waals surface area contributed by atoms with E-state index in [1.165, 1.54) is 40.2 Å². The van der Waals surface area contributed by atoms with Crippen LogP contribution in [0.4, 0.5) is 20.2 Å². The number of carbonyl (C=O) groups excluding carboxylic acids is 14. The van der Waals surface area contributed by atoms with Crippen LogP contribution in [0.5, 0.6) is 11.5 Å². The molecule has 0 radical (unpaired) electrons. The van der Waals surface area contributed by atoms with Crippen molar-refractivity contribution in [2.45, 2.75) is 218 Å². The average molecular weight is 2040 g/mol. The monoisotopic (exact) mass is 2040 g/mol. The van der Waals surface area contributed by atoms with E-state index in [1.807, 2.05) is 24.3 Å². The van der Waals surface area contributed by atoms with E-state index in [0.29, 0.717) is 117 Å². The Balaban J connectivity index is 0.494. The van der Waals surface area contributed by atoms with Gasteiger partial charge in [0.2, 0.25) is 47.3 Å². The fraction of sp³-hybridized carbons (Fsp3) is 0.453. The Morgan fingerprint density at radius 3 is 1.16 bits per heavy atom. The van der Waals surface area contributed by atoms with Crippen LogP contribution >= 0.6 is 0 Å². The van der Waals surface area contributed by atoms with Crippen LogP contribution in [0.3, 0.4) is 0 Å². The number of nitrogens with zero attached hydrogens (tertiary/aromatic N) is 10. The molecular weight excluding hydrogens is 1920 g/mol. The Hall–Kier alpha value is -14.7. The molecule has 12 heterocycles. The number of rotatable bonds is 41. The SMILES string of the molecule is CC[C@@]1(O)C(=O)OCc2c1cc1n(c2=O)Cc2c-1nc1cc(F)c(OC)cc1c2CN1CCC([N+](C)(C)Cc2ccc(NC(=O)[C@H](C)NC(=O)CCCNC(=O)[C@@H](NC(=O)CCCN3C(=O)C=CC3=O)[C@H](NC(=O)CCCN3C(=O)C=CC3=O)C(=O)NCCCC(=O)N[C@@H](C)C(=O)Nc3ccc(C[N+](C)(C)C4CCN(Cc5c6c(nc7cc(F)c(OC)cc57)-c5cc7c(c(=O)n5C6)COC(=O)[C@]7(O)CC)CC4)cc3)cc2)CC1. The predicted molar refractivity (Wildman–Crippen MR) is 534 cm³/mol. The van der Waals surface area contributed by atoms with Crippen LogP contribution in [0, 0.1) is 11.6 Å². The highest BCUT2D eigenvalue weighted by Crippen LogP contribution is 2.46. The lowest BCUT2D eigenvalue weighted by atomic mass is 9.86. The number of benzene rings is 4. The van der Waals surface area contributed by atoms with Crippen LogP contribution < -0.4 is 63.1 Å². The van der Waals surface area contributed by atoms with Gasteiger partial charge in [0.1, 0.15) is 50.5 Å². The minimum absolute atomic E-state index is 0.0255. The zero-order valence-corrected chi connectivity index (χ0v) is 84.4. The van der Waals surface area contributed by atoms with Crippen molar-refractivity contribution < 1.29 is 114 Å². The second kappa shape index (κ2) is 44.1. The number of imide groups is 2. The van der Waals surface area contributed by atoms with Crippen LogP contribution in [0.1, 0.15) is 173 Å². The molecule has 8 aliphatic rings. The summed E-state index contributed by atoms with van der Waals surface area (Å²) in [6.45, 7) is 10.1. The molecule has 40 nitrogen and oxygen atoms in total. The summed E-state index contributed by atoms with van der Waals surface area (Å²) in [7, 11) is 11.4. The highest BCUT2D eigenvalue weighted by molar-refractivity contribution is 6.14. The fourth-order valence-electron chi connectivity index (χ4n) is 21.2. The molecule has 2 saturated heterocycles. The maximum Gasteiger partial charge on any atom is 0.343 e. The highest BCUT2D eigenvalue weighted by Gasteiger charge is 2.49. The van der Waals surface area contributed by atoms with Crippen molar-refractivity contribution in [3.05, 3.63) is 197 Å². The van der Waals surface area contributed by atoms with Gasteiger partial charge in [0, 0.05) is 209 Å². The van der Waals surface area contributed by atoms with Gasteiger partial charge >= 0.3 is 11.9 Å². The minimum atomic E-state index is -2.03. The molecule has 12 amide bonds. The van der Waals surface area contributed by atoms with Crippen LogP contribution in [0.15, 0.2) is 119 Å². The first-order valence-corrected chi connectivity index (χ1v) is 50.0. The summed E-state index contributed by atoms with van der Waals surface area (Å²) < 4.78 is 56.8.